The van der Waals surface area contributed by atoms with Crippen LogP contribution >= 0.6 is 0 Å². The van der Waals surface area contributed by atoms with Crippen molar-refractivity contribution >= 4 is 28.8 Å². The van der Waals surface area contributed by atoms with E-state index in [1.807, 2.05) is 18.2 Å². The van der Waals surface area contributed by atoms with Gasteiger partial charge >= 0.3 is 0 Å². The molecule has 1 aromatic heterocycles. The van der Waals surface area contributed by atoms with Crippen molar-refractivity contribution < 1.29 is 18.7 Å². The van der Waals surface area contributed by atoms with Crippen LogP contribution in [-0.4, -0.2) is 49.0 Å². The topological polar surface area (TPSA) is 88.6 Å². The van der Waals surface area contributed by atoms with E-state index in [2.05, 4.69) is 25.7 Å². The molecule has 1 fully saturated rings. The average Bonchev–Trinajstić information content (AvgIpc) is 2.81. The monoisotopic (exact) mass is 423 g/mol. The van der Waals surface area contributed by atoms with Gasteiger partial charge < -0.3 is 25.0 Å². The molecule has 2 aromatic carbocycles. The van der Waals surface area contributed by atoms with Gasteiger partial charge in [-0.2, -0.15) is 5.10 Å². The average molecular weight is 423 g/mol. The van der Waals surface area contributed by atoms with Crippen LogP contribution in [0.15, 0.2) is 60.8 Å². The first-order chi connectivity index (χ1) is 15.2. The lowest BCUT2D eigenvalue weighted by Crippen LogP contribution is -2.36. The second-order valence-electron chi connectivity index (χ2n) is 6.89. The predicted molar refractivity (Wildman–Crippen MR) is 115 cm³/mol. The lowest BCUT2D eigenvalue weighted by Gasteiger charge is -2.28. The van der Waals surface area contributed by atoms with Crippen LogP contribution in [0.4, 0.5) is 27.3 Å². The molecule has 1 saturated heterocycles. The maximum atomic E-state index is 12.9. The zero-order valence-electron chi connectivity index (χ0n) is 16.8. The lowest BCUT2D eigenvalue weighted by atomic mass is 10.2. The molecular formula is C22H22FN5O3. The standard InChI is InChI=1S/C22H22FN5O3/c23-16-1-7-20(8-2-16)31-15-22(29)26-18-5-3-17(4-6-18)25-21-13-19(14-24-27-21)28-9-11-30-12-10-28/h1-8,13-14H,9-12,15H2,(H,25,27)(H,26,29). The largest absolute Gasteiger partial charge is 0.484 e. The Labute approximate surface area is 179 Å². The summed E-state index contributed by atoms with van der Waals surface area (Å²) in [5.41, 5.74) is 2.44. The van der Waals surface area contributed by atoms with Crippen molar-refractivity contribution in [1.29, 1.82) is 0 Å². The van der Waals surface area contributed by atoms with Gasteiger partial charge in [-0.15, -0.1) is 5.10 Å². The molecule has 1 aliphatic rings. The summed E-state index contributed by atoms with van der Waals surface area (Å²) >= 11 is 0. The van der Waals surface area contributed by atoms with Crippen molar-refractivity contribution in [2.75, 3.05) is 48.4 Å². The van der Waals surface area contributed by atoms with Gasteiger partial charge in [0, 0.05) is 30.5 Å². The van der Waals surface area contributed by atoms with E-state index in [0.717, 1.165) is 24.5 Å². The third kappa shape index (κ3) is 5.89. The van der Waals surface area contributed by atoms with Gasteiger partial charge in [0.1, 0.15) is 11.6 Å². The number of morpholine rings is 1. The number of aromatic nitrogens is 2. The fourth-order valence-electron chi connectivity index (χ4n) is 3.07. The van der Waals surface area contributed by atoms with Crippen LogP contribution in [0, 0.1) is 5.82 Å². The SMILES string of the molecule is O=C(COc1ccc(F)cc1)Nc1ccc(Nc2cc(N3CCOCC3)cnn2)cc1. The molecule has 9 heteroatoms. The molecule has 4 rings (SSSR count). The van der Waals surface area contributed by atoms with Crippen LogP contribution in [0.5, 0.6) is 5.75 Å². The van der Waals surface area contributed by atoms with Gasteiger partial charge in [-0.25, -0.2) is 4.39 Å². The molecule has 0 radical (unpaired) electrons. The number of anilines is 4. The Hall–Kier alpha value is -3.72. The number of ether oxygens (including phenoxy) is 2. The minimum Gasteiger partial charge on any atom is -0.484 e. The van der Waals surface area contributed by atoms with E-state index in [0.29, 0.717) is 30.5 Å². The Morgan fingerprint density at radius 2 is 1.77 bits per heavy atom. The van der Waals surface area contributed by atoms with Gasteiger partial charge in [0.15, 0.2) is 12.4 Å². The quantitative estimate of drug-likeness (QED) is 0.603. The zero-order valence-corrected chi connectivity index (χ0v) is 16.8. The Morgan fingerprint density at radius 1 is 1.06 bits per heavy atom. The van der Waals surface area contributed by atoms with E-state index >= 15 is 0 Å². The summed E-state index contributed by atoms with van der Waals surface area (Å²) in [6.07, 6.45) is 1.74. The van der Waals surface area contributed by atoms with Crippen LogP contribution in [-0.2, 0) is 9.53 Å². The lowest BCUT2D eigenvalue weighted by molar-refractivity contribution is -0.118. The summed E-state index contributed by atoms with van der Waals surface area (Å²) in [6, 6.07) is 14.7. The smallest absolute Gasteiger partial charge is 0.262 e. The first-order valence-electron chi connectivity index (χ1n) is 9.86. The van der Waals surface area contributed by atoms with E-state index in [-0.39, 0.29) is 18.3 Å². The molecule has 0 unspecified atom stereocenters. The fraction of sp³-hybridized carbons (Fsp3) is 0.227. The Kier molecular flexibility index (Phi) is 6.53. The number of hydrogen-bond donors (Lipinski definition) is 2. The normalized spacial score (nSPS) is 13.5. The summed E-state index contributed by atoms with van der Waals surface area (Å²) in [6.45, 7) is 2.88. The second kappa shape index (κ2) is 9.86. The molecule has 31 heavy (non-hydrogen) atoms. The molecule has 2 heterocycles. The molecule has 2 N–H and O–H groups in total. The molecule has 1 aliphatic heterocycles. The summed E-state index contributed by atoms with van der Waals surface area (Å²) in [5.74, 6) is 0.392. The summed E-state index contributed by atoms with van der Waals surface area (Å²) in [4.78, 5) is 14.3. The van der Waals surface area contributed by atoms with E-state index in [4.69, 9.17) is 9.47 Å². The summed E-state index contributed by atoms with van der Waals surface area (Å²) in [7, 11) is 0. The van der Waals surface area contributed by atoms with E-state index in [1.54, 1.807) is 18.3 Å². The number of amides is 1. The molecule has 0 atom stereocenters. The van der Waals surface area contributed by atoms with Crippen LogP contribution in [0.2, 0.25) is 0 Å². The highest BCUT2D eigenvalue weighted by Gasteiger charge is 2.12. The first-order valence-corrected chi connectivity index (χ1v) is 9.86. The van der Waals surface area contributed by atoms with Crippen LogP contribution in [0.25, 0.3) is 0 Å². The van der Waals surface area contributed by atoms with Crippen molar-refractivity contribution in [3.05, 3.63) is 66.6 Å². The van der Waals surface area contributed by atoms with Crippen LogP contribution in [0.3, 0.4) is 0 Å². The van der Waals surface area contributed by atoms with Gasteiger partial charge in [-0.1, -0.05) is 0 Å². The minimum absolute atomic E-state index is 0.171. The highest BCUT2D eigenvalue weighted by Crippen LogP contribution is 2.21. The zero-order chi connectivity index (χ0) is 21.5. The van der Waals surface area contributed by atoms with Gasteiger partial charge in [-0.05, 0) is 48.5 Å². The number of benzene rings is 2. The van der Waals surface area contributed by atoms with E-state index in [9.17, 15) is 9.18 Å². The first kappa shape index (κ1) is 20.5. The van der Waals surface area contributed by atoms with E-state index in [1.165, 1.54) is 24.3 Å². The van der Waals surface area contributed by atoms with Gasteiger partial charge in [0.2, 0.25) is 0 Å². The minimum atomic E-state index is -0.357. The summed E-state index contributed by atoms with van der Waals surface area (Å²) in [5, 5.41) is 14.2. The number of halogens is 1. The molecule has 0 aliphatic carbocycles. The Balaban J connectivity index is 1.30. The number of carbonyl (C=O) groups is 1. The number of nitrogens with zero attached hydrogens (tertiary/aromatic N) is 3. The molecule has 1 amide bonds. The molecule has 3 aromatic rings. The fourth-order valence-corrected chi connectivity index (χ4v) is 3.07. The van der Waals surface area contributed by atoms with Crippen molar-refractivity contribution in [2.45, 2.75) is 0 Å². The number of carbonyl (C=O) groups excluding carboxylic acids is 1. The Bertz CT molecular complexity index is 1010. The number of hydrogen-bond acceptors (Lipinski definition) is 7. The predicted octanol–water partition coefficient (Wildman–Crippen LogP) is 3.21. The van der Waals surface area contributed by atoms with Gasteiger partial charge in [0.05, 0.1) is 25.1 Å². The molecule has 0 saturated carbocycles. The molecule has 0 spiro atoms. The van der Waals surface area contributed by atoms with E-state index < -0.39 is 0 Å². The Morgan fingerprint density at radius 3 is 2.52 bits per heavy atom. The van der Waals surface area contributed by atoms with Crippen molar-refractivity contribution in [1.82, 2.24) is 10.2 Å². The maximum Gasteiger partial charge on any atom is 0.262 e. The van der Waals surface area contributed by atoms with Gasteiger partial charge in [0.25, 0.3) is 5.91 Å². The van der Waals surface area contributed by atoms with Crippen molar-refractivity contribution in [2.24, 2.45) is 0 Å². The molecular weight excluding hydrogens is 401 g/mol. The number of nitrogens with one attached hydrogen (secondary N) is 2. The summed E-state index contributed by atoms with van der Waals surface area (Å²) < 4.78 is 23.6. The highest BCUT2D eigenvalue weighted by molar-refractivity contribution is 5.92. The third-order valence-electron chi connectivity index (χ3n) is 4.64. The van der Waals surface area contributed by atoms with Gasteiger partial charge in [-0.3, -0.25) is 4.79 Å². The van der Waals surface area contributed by atoms with Crippen LogP contribution < -0.4 is 20.3 Å². The maximum absolute atomic E-state index is 12.9. The third-order valence-corrected chi connectivity index (χ3v) is 4.64. The second-order valence-corrected chi connectivity index (χ2v) is 6.89. The highest BCUT2D eigenvalue weighted by atomic mass is 19.1. The molecule has 0 bridgehead atoms. The number of rotatable bonds is 7. The van der Waals surface area contributed by atoms with Crippen molar-refractivity contribution in [3.63, 3.8) is 0 Å². The molecule has 8 nitrogen and oxygen atoms in total. The van der Waals surface area contributed by atoms with Crippen molar-refractivity contribution in [3.8, 4) is 5.75 Å². The van der Waals surface area contributed by atoms with Crippen LogP contribution in [0.1, 0.15) is 0 Å². The molecule has 160 valence electrons.